The van der Waals surface area contributed by atoms with Crippen LogP contribution in [0.15, 0.2) is 24.4 Å². The van der Waals surface area contributed by atoms with Crippen molar-refractivity contribution in [2.24, 2.45) is 5.73 Å². The van der Waals surface area contributed by atoms with Gasteiger partial charge in [-0.05, 0) is 18.2 Å². The van der Waals surface area contributed by atoms with E-state index in [0.717, 1.165) is 29.9 Å². The van der Waals surface area contributed by atoms with E-state index in [4.69, 9.17) is 10.5 Å². The molecule has 2 aromatic rings. The molecule has 0 saturated heterocycles. The van der Waals surface area contributed by atoms with Crippen molar-refractivity contribution in [3.8, 4) is 5.75 Å². The van der Waals surface area contributed by atoms with Crippen molar-refractivity contribution >= 4 is 10.9 Å². The van der Waals surface area contributed by atoms with Crippen LogP contribution in [0.1, 0.15) is 18.0 Å². The first-order valence-corrected chi connectivity index (χ1v) is 4.84. The predicted octanol–water partition coefficient (Wildman–Crippen LogP) is 1.95. The minimum absolute atomic E-state index is 0.117. The molecule has 1 aliphatic heterocycles. The van der Waals surface area contributed by atoms with E-state index in [1.807, 2.05) is 12.3 Å². The lowest BCUT2D eigenvalue weighted by atomic mass is 10.0. The highest BCUT2D eigenvalue weighted by Crippen LogP contribution is 2.33. The first-order valence-electron chi connectivity index (χ1n) is 4.84. The van der Waals surface area contributed by atoms with Gasteiger partial charge in [-0.3, -0.25) is 0 Å². The molecule has 0 aliphatic carbocycles. The normalized spacial score (nSPS) is 20.5. The fourth-order valence-corrected chi connectivity index (χ4v) is 1.96. The van der Waals surface area contributed by atoms with Gasteiger partial charge in [0.15, 0.2) is 0 Å². The molecule has 0 amide bonds. The van der Waals surface area contributed by atoms with E-state index in [-0.39, 0.29) is 6.04 Å². The van der Waals surface area contributed by atoms with Gasteiger partial charge in [0, 0.05) is 35.1 Å². The zero-order chi connectivity index (χ0) is 9.54. The number of fused-ring (bicyclic) bond motifs is 2. The molecule has 0 saturated carbocycles. The maximum Gasteiger partial charge on any atom is 0.124 e. The number of nitrogens with one attached hydrogen (secondary N) is 1. The highest BCUT2D eigenvalue weighted by molar-refractivity contribution is 5.82. The summed E-state index contributed by atoms with van der Waals surface area (Å²) >= 11 is 0. The van der Waals surface area contributed by atoms with E-state index < -0.39 is 0 Å². The Kier molecular flexibility index (Phi) is 1.55. The van der Waals surface area contributed by atoms with Crippen LogP contribution < -0.4 is 10.5 Å². The van der Waals surface area contributed by atoms with E-state index in [0.29, 0.717) is 0 Å². The number of hydrogen-bond acceptors (Lipinski definition) is 2. The maximum absolute atomic E-state index is 6.01. The minimum Gasteiger partial charge on any atom is -0.493 e. The van der Waals surface area contributed by atoms with Gasteiger partial charge in [0.05, 0.1) is 6.61 Å². The van der Waals surface area contributed by atoms with E-state index in [2.05, 4.69) is 17.1 Å². The molecule has 1 aromatic heterocycles. The second-order valence-electron chi connectivity index (χ2n) is 3.70. The Morgan fingerprint density at radius 2 is 2.36 bits per heavy atom. The molecule has 0 fully saturated rings. The van der Waals surface area contributed by atoms with Crippen LogP contribution in [0.5, 0.6) is 5.75 Å². The zero-order valence-electron chi connectivity index (χ0n) is 7.79. The Morgan fingerprint density at radius 3 is 3.29 bits per heavy atom. The van der Waals surface area contributed by atoms with Crippen molar-refractivity contribution in [3.05, 3.63) is 30.0 Å². The third-order valence-corrected chi connectivity index (χ3v) is 2.77. The molecule has 1 aromatic carbocycles. The van der Waals surface area contributed by atoms with Crippen molar-refractivity contribution in [2.45, 2.75) is 12.5 Å². The molecule has 0 spiro atoms. The van der Waals surface area contributed by atoms with Gasteiger partial charge in [-0.25, -0.2) is 0 Å². The van der Waals surface area contributed by atoms with Gasteiger partial charge in [-0.1, -0.05) is 0 Å². The average Bonchev–Trinajstić information content (AvgIpc) is 2.62. The van der Waals surface area contributed by atoms with Crippen LogP contribution in [0.3, 0.4) is 0 Å². The van der Waals surface area contributed by atoms with Gasteiger partial charge in [0.1, 0.15) is 5.75 Å². The topological polar surface area (TPSA) is 51.0 Å². The fourth-order valence-electron chi connectivity index (χ4n) is 1.96. The Labute approximate surface area is 81.9 Å². The lowest BCUT2D eigenvalue weighted by Gasteiger charge is -2.22. The van der Waals surface area contributed by atoms with Gasteiger partial charge in [-0.2, -0.15) is 0 Å². The zero-order valence-corrected chi connectivity index (χ0v) is 7.79. The lowest BCUT2D eigenvalue weighted by molar-refractivity contribution is 0.269. The average molecular weight is 188 g/mol. The highest BCUT2D eigenvalue weighted by atomic mass is 16.5. The third kappa shape index (κ3) is 1.02. The Hall–Kier alpha value is -1.48. The summed E-state index contributed by atoms with van der Waals surface area (Å²) in [6.07, 6.45) is 2.83. The van der Waals surface area contributed by atoms with Crippen LogP contribution >= 0.6 is 0 Å². The minimum atomic E-state index is 0.117. The summed E-state index contributed by atoms with van der Waals surface area (Å²) in [5, 5.41) is 1.18. The van der Waals surface area contributed by atoms with Crippen molar-refractivity contribution in [1.82, 2.24) is 4.98 Å². The summed E-state index contributed by atoms with van der Waals surface area (Å²) in [6.45, 7) is 0.726. The quantitative estimate of drug-likeness (QED) is 0.664. The number of aromatic amines is 1. The lowest BCUT2D eigenvalue weighted by Crippen LogP contribution is -2.20. The maximum atomic E-state index is 6.01. The van der Waals surface area contributed by atoms with E-state index in [9.17, 15) is 0 Å². The fraction of sp³-hybridized carbons (Fsp3) is 0.273. The number of benzene rings is 1. The standard InChI is InChI=1S/C11H12N2O/c12-9-2-4-14-11-5-7-1-3-13-10(7)6-8(9)11/h1,3,5-6,9,13H,2,4,12H2. The second kappa shape index (κ2) is 2.75. The van der Waals surface area contributed by atoms with Crippen LogP contribution in [0.25, 0.3) is 10.9 Å². The molecule has 3 N–H and O–H groups in total. The summed E-state index contributed by atoms with van der Waals surface area (Å²) in [7, 11) is 0. The van der Waals surface area contributed by atoms with Crippen LogP contribution in [0, 0.1) is 0 Å². The number of nitrogens with two attached hydrogens (primary N) is 1. The molecule has 0 bridgehead atoms. The molecule has 1 aliphatic rings. The van der Waals surface area contributed by atoms with Crippen molar-refractivity contribution < 1.29 is 4.74 Å². The molecular weight excluding hydrogens is 176 g/mol. The van der Waals surface area contributed by atoms with Crippen LogP contribution in [0.2, 0.25) is 0 Å². The first-order chi connectivity index (χ1) is 6.84. The summed E-state index contributed by atoms with van der Waals surface area (Å²) in [4.78, 5) is 3.18. The molecule has 3 nitrogen and oxygen atoms in total. The Bertz CT molecular complexity index is 475. The van der Waals surface area contributed by atoms with Gasteiger partial charge in [0.2, 0.25) is 0 Å². The second-order valence-corrected chi connectivity index (χ2v) is 3.70. The Balaban J connectivity index is 2.27. The number of rotatable bonds is 0. The first kappa shape index (κ1) is 7.88. The van der Waals surface area contributed by atoms with Gasteiger partial charge < -0.3 is 15.5 Å². The smallest absolute Gasteiger partial charge is 0.124 e. The molecule has 2 heterocycles. The van der Waals surface area contributed by atoms with Gasteiger partial charge in [-0.15, -0.1) is 0 Å². The summed E-state index contributed by atoms with van der Waals surface area (Å²) in [5.74, 6) is 0.941. The molecule has 3 heteroatoms. The van der Waals surface area contributed by atoms with Crippen molar-refractivity contribution in [1.29, 1.82) is 0 Å². The van der Waals surface area contributed by atoms with E-state index in [1.54, 1.807) is 0 Å². The molecular formula is C11H12N2O. The number of hydrogen-bond donors (Lipinski definition) is 2. The monoisotopic (exact) mass is 188 g/mol. The van der Waals surface area contributed by atoms with Crippen molar-refractivity contribution in [3.63, 3.8) is 0 Å². The number of ether oxygens (including phenoxy) is 1. The van der Waals surface area contributed by atoms with Crippen LogP contribution in [-0.4, -0.2) is 11.6 Å². The Morgan fingerprint density at radius 1 is 1.43 bits per heavy atom. The van der Waals surface area contributed by atoms with Crippen LogP contribution in [0.4, 0.5) is 0 Å². The molecule has 72 valence electrons. The van der Waals surface area contributed by atoms with Gasteiger partial charge in [0.25, 0.3) is 0 Å². The highest BCUT2D eigenvalue weighted by Gasteiger charge is 2.18. The van der Waals surface area contributed by atoms with E-state index in [1.165, 1.54) is 5.39 Å². The number of H-pyrrole nitrogens is 1. The molecule has 14 heavy (non-hydrogen) atoms. The van der Waals surface area contributed by atoms with Crippen molar-refractivity contribution in [2.75, 3.05) is 6.61 Å². The summed E-state index contributed by atoms with van der Waals surface area (Å²) in [5.41, 5.74) is 8.26. The molecule has 1 unspecified atom stereocenters. The summed E-state index contributed by atoms with van der Waals surface area (Å²) < 4.78 is 5.58. The largest absolute Gasteiger partial charge is 0.493 e. The predicted molar refractivity (Wildman–Crippen MR) is 55.3 cm³/mol. The van der Waals surface area contributed by atoms with Crippen LogP contribution in [-0.2, 0) is 0 Å². The third-order valence-electron chi connectivity index (χ3n) is 2.77. The van der Waals surface area contributed by atoms with Gasteiger partial charge >= 0.3 is 0 Å². The van der Waals surface area contributed by atoms with E-state index >= 15 is 0 Å². The molecule has 1 atom stereocenters. The SMILES string of the molecule is NC1CCOc2cc3cc[nH]c3cc21. The molecule has 0 radical (unpaired) electrons. The summed E-state index contributed by atoms with van der Waals surface area (Å²) in [6, 6.07) is 6.31. The number of aromatic nitrogens is 1. The molecule has 3 rings (SSSR count).